The summed E-state index contributed by atoms with van der Waals surface area (Å²) >= 11 is 0. The summed E-state index contributed by atoms with van der Waals surface area (Å²) in [5, 5.41) is 3.33. The molecular formula is C12H19N3. The van der Waals surface area contributed by atoms with E-state index in [0.717, 1.165) is 13.1 Å². The topological polar surface area (TPSA) is 28.2 Å². The molecule has 1 aliphatic rings. The first-order chi connectivity index (χ1) is 7.28. The molecule has 0 saturated carbocycles. The molecule has 1 fully saturated rings. The van der Waals surface area contributed by atoms with Crippen LogP contribution in [0.25, 0.3) is 0 Å². The van der Waals surface area contributed by atoms with Gasteiger partial charge in [0.1, 0.15) is 0 Å². The van der Waals surface area contributed by atoms with Crippen molar-refractivity contribution in [2.45, 2.75) is 25.9 Å². The van der Waals surface area contributed by atoms with Crippen molar-refractivity contribution in [3.8, 4) is 0 Å². The van der Waals surface area contributed by atoms with Gasteiger partial charge in [-0.25, -0.2) is 0 Å². The Morgan fingerprint density at radius 1 is 1.53 bits per heavy atom. The molecule has 0 spiro atoms. The third-order valence-electron chi connectivity index (χ3n) is 3.04. The third kappa shape index (κ3) is 2.76. The molecule has 1 N–H and O–H groups in total. The van der Waals surface area contributed by atoms with Crippen molar-refractivity contribution in [3.63, 3.8) is 0 Å². The Bertz CT molecular complexity index is 307. The molecule has 0 amide bonds. The highest BCUT2D eigenvalue weighted by Gasteiger charge is 2.20. The Morgan fingerprint density at radius 2 is 2.40 bits per heavy atom. The molecular weight excluding hydrogens is 186 g/mol. The smallest absolute Gasteiger partial charge is 0.0544 e. The number of pyridine rings is 1. The van der Waals surface area contributed by atoms with E-state index in [1.54, 1.807) is 0 Å². The van der Waals surface area contributed by atoms with Crippen molar-refractivity contribution in [1.29, 1.82) is 0 Å². The maximum atomic E-state index is 4.43. The average Bonchev–Trinajstić information content (AvgIpc) is 2.69. The first-order valence-electron chi connectivity index (χ1n) is 5.59. The largest absolute Gasteiger partial charge is 0.316 e. The lowest BCUT2D eigenvalue weighted by Gasteiger charge is -2.15. The van der Waals surface area contributed by atoms with E-state index < -0.39 is 0 Å². The number of likely N-dealkylation sites (N-methyl/N-ethyl adjacent to an activating group) is 1. The zero-order valence-corrected chi connectivity index (χ0v) is 9.53. The summed E-state index contributed by atoms with van der Waals surface area (Å²) in [7, 11) is 2.04. The SMILES string of the molecule is CNC1CCN(Cc2ccc(C)cn2)C1. The minimum Gasteiger partial charge on any atom is -0.316 e. The van der Waals surface area contributed by atoms with E-state index in [9.17, 15) is 0 Å². The number of aryl methyl sites for hydroxylation is 1. The van der Waals surface area contributed by atoms with Crippen LogP contribution in [0, 0.1) is 6.92 Å². The van der Waals surface area contributed by atoms with Crippen LogP contribution < -0.4 is 5.32 Å². The van der Waals surface area contributed by atoms with Gasteiger partial charge in [0.2, 0.25) is 0 Å². The molecule has 82 valence electrons. The lowest BCUT2D eigenvalue weighted by Crippen LogP contribution is -2.29. The predicted octanol–water partition coefficient (Wildman–Crippen LogP) is 1.18. The summed E-state index contributed by atoms with van der Waals surface area (Å²) in [6, 6.07) is 4.92. The summed E-state index contributed by atoms with van der Waals surface area (Å²) < 4.78 is 0. The minimum absolute atomic E-state index is 0.662. The lowest BCUT2D eigenvalue weighted by molar-refractivity contribution is 0.318. The fourth-order valence-corrected chi connectivity index (χ4v) is 2.03. The van der Waals surface area contributed by atoms with Crippen molar-refractivity contribution in [2.24, 2.45) is 0 Å². The molecule has 1 saturated heterocycles. The molecule has 0 radical (unpaired) electrons. The van der Waals surface area contributed by atoms with Crippen molar-refractivity contribution in [2.75, 3.05) is 20.1 Å². The van der Waals surface area contributed by atoms with E-state index >= 15 is 0 Å². The van der Waals surface area contributed by atoms with Crippen LogP contribution in [0.4, 0.5) is 0 Å². The van der Waals surface area contributed by atoms with Gasteiger partial charge in [-0.2, -0.15) is 0 Å². The molecule has 1 atom stereocenters. The number of likely N-dealkylation sites (tertiary alicyclic amines) is 1. The first-order valence-corrected chi connectivity index (χ1v) is 5.59. The minimum atomic E-state index is 0.662. The molecule has 1 aliphatic heterocycles. The van der Waals surface area contributed by atoms with E-state index in [-0.39, 0.29) is 0 Å². The van der Waals surface area contributed by atoms with Gasteiger partial charge in [0, 0.05) is 31.9 Å². The van der Waals surface area contributed by atoms with Crippen LogP contribution in [0.3, 0.4) is 0 Å². The van der Waals surface area contributed by atoms with Gasteiger partial charge in [0.05, 0.1) is 5.69 Å². The summed E-state index contributed by atoms with van der Waals surface area (Å²) in [5.74, 6) is 0. The molecule has 2 rings (SSSR count). The monoisotopic (exact) mass is 205 g/mol. The van der Waals surface area contributed by atoms with Crippen LogP contribution in [0.15, 0.2) is 18.3 Å². The van der Waals surface area contributed by atoms with Crippen LogP contribution in [-0.2, 0) is 6.54 Å². The molecule has 0 aliphatic carbocycles. The fourth-order valence-electron chi connectivity index (χ4n) is 2.03. The van der Waals surface area contributed by atoms with E-state index in [4.69, 9.17) is 0 Å². The van der Waals surface area contributed by atoms with E-state index in [1.165, 1.54) is 24.2 Å². The van der Waals surface area contributed by atoms with Crippen LogP contribution >= 0.6 is 0 Å². The highest BCUT2D eigenvalue weighted by Crippen LogP contribution is 2.12. The quantitative estimate of drug-likeness (QED) is 0.803. The third-order valence-corrected chi connectivity index (χ3v) is 3.04. The molecule has 1 aromatic heterocycles. The maximum absolute atomic E-state index is 4.43. The van der Waals surface area contributed by atoms with Crippen molar-refractivity contribution >= 4 is 0 Å². The molecule has 3 nitrogen and oxygen atoms in total. The van der Waals surface area contributed by atoms with Gasteiger partial charge in [-0.05, 0) is 32.0 Å². The van der Waals surface area contributed by atoms with Crippen molar-refractivity contribution < 1.29 is 0 Å². The van der Waals surface area contributed by atoms with Crippen molar-refractivity contribution in [1.82, 2.24) is 15.2 Å². The normalized spacial score (nSPS) is 22.1. The first kappa shape index (κ1) is 10.6. The van der Waals surface area contributed by atoms with Crippen LogP contribution in [0.1, 0.15) is 17.7 Å². The van der Waals surface area contributed by atoms with Crippen LogP contribution in [0.5, 0.6) is 0 Å². The number of hydrogen-bond donors (Lipinski definition) is 1. The van der Waals surface area contributed by atoms with Gasteiger partial charge in [0.25, 0.3) is 0 Å². The Kier molecular flexibility index (Phi) is 3.34. The van der Waals surface area contributed by atoms with Gasteiger partial charge in [-0.3, -0.25) is 9.88 Å². The Labute approximate surface area is 91.5 Å². The average molecular weight is 205 g/mol. The highest BCUT2D eigenvalue weighted by atomic mass is 15.2. The molecule has 1 unspecified atom stereocenters. The number of hydrogen-bond acceptors (Lipinski definition) is 3. The molecule has 2 heterocycles. The number of rotatable bonds is 3. The number of nitrogens with one attached hydrogen (secondary N) is 1. The predicted molar refractivity (Wildman–Crippen MR) is 61.7 cm³/mol. The van der Waals surface area contributed by atoms with Crippen LogP contribution in [-0.4, -0.2) is 36.1 Å². The van der Waals surface area contributed by atoms with Gasteiger partial charge in [-0.15, -0.1) is 0 Å². The van der Waals surface area contributed by atoms with E-state index in [0.29, 0.717) is 6.04 Å². The Balaban J connectivity index is 1.90. The van der Waals surface area contributed by atoms with E-state index in [1.807, 2.05) is 13.2 Å². The van der Waals surface area contributed by atoms with Crippen molar-refractivity contribution in [3.05, 3.63) is 29.6 Å². The Hall–Kier alpha value is -0.930. The second-order valence-electron chi connectivity index (χ2n) is 4.34. The zero-order chi connectivity index (χ0) is 10.7. The van der Waals surface area contributed by atoms with Gasteiger partial charge < -0.3 is 5.32 Å². The molecule has 1 aromatic rings. The second-order valence-corrected chi connectivity index (χ2v) is 4.34. The number of aromatic nitrogens is 1. The fraction of sp³-hybridized carbons (Fsp3) is 0.583. The second kappa shape index (κ2) is 4.73. The van der Waals surface area contributed by atoms with Gasteiger partial charge in [-0.1, -0.05) is 6.07 Å². The molecule has 0 aromatic carbocycles. The maximum Gasteiger partial charge on any atom is 0.0544 e. The standard InChI is InChI=1S/C12H19N3/c1-10-3-4-12(14-7-10)9-15-6-5-11(8-15)13-2/h3-4,7,11,13H,5-6,8-9H2,1-2H3. The zero-order valence-electron chi connectivity index (χ0n) is 9.53. The summed E-state index contributed by atoms with van der Waals surface area (Å²) in [5.41, 5.74) is 2.41. The van der Waals surface area contributed by atoms with E-state index in [2.05, 4.69) is 34.3 Å². The Morgan fingerprint density at radius 3 is 3.00 bits per heavy atom. The summed E-state index contributed by atoms with van der Waals surface area (Å²) in [6.07, 6.45) is 3.20. The molecule has 0 bridgehead atoms. The summed E-state index contributed by atoms with van der Waals surface area (Å²) in [6.45, 7) is 5.38. The molecule has 15 heavy (non-hydrogen) atoms. The van der Waals surface area contributed by atoms with Crippen LogP contribution in [0.2, 0.25) is 0 Å². The number of nitrogens with zero attached hydrogens (tertiary/aromatic N) is 2. The lowest BCUT2D eigenvalue weighted by atomic mass is 10.2. The summed E-state index contributed by atoms with van der Waals surface area (Å²) in [4.78, 5) is 6.89. The molecule has 3 heteroatoms. The van der Waals surface area contributed by atoms with Gasteiger partial charge in [0.15, 0.2) is 0 Å². The highest BCUT2D eigenvalue weighted by molar-refractivity contribution is 5.12. The van der Waals surface area contributed by atoms with Gasteiger partial charge >= 0.3 is 0 Å².